The Morgan fingerprint density at radius 1 is 0.963 bits per heavy atom. The van der Waals surface area contributed by atoms with Crippen molar-refractivity contribution in [3.63, 3.8) is 0 Å². The highest BCUT2D eigenvalue weighted by Gasteiger charge is 2.25. The average Bonchev–Trinajstić information content (AvgIpc) is 2.90. The van der Waals surface area contributed by atoms with Gasteiger partial charge in [-0.05, 0) is 42.2 Å². The standard InChI is InChI=1S/C22H28N4O/c1-16-20(15-26(25(16)5)19-9-7-6-8-10-19)24-21(27)23-18-13-11-17(12-14-18)22(2,3)4/h6-14H,15H2,1-5H3,(H2,23,24,27). The normalized spacial score (nSPS) is 14.6. The van der Waals surface area contributed by atoms with Crippen LogP contribution in [0.2, 0.25) is 0 Å². The molecule has 0 saturated heterocycles. The number of para-hydroxylation sites is 1. The summed E-state index contributed by atoms with van der Waals surface area (Å²) in [5.41, 5.74) is 5.13. The molecule has 2 aromatic rings. The van der Waals surface area contributed by atoms with E-state index in [9.17, 15) is 4.79 Å². The number of carbonyl (C=O) groups excluding carboxylic acids is 1. The lowest BCUT2D eigenvalue weighted by Gasteiger charge is -2.29. The quantitative estimate of drug-likeness (QED) is 0.830. The molecule has 1 aliphatic heterocycles. The van der Waals surface area contributed by atoms with Crippen LogP contribution in [-0.4, -0.2) is 24.6 Å². The Hall–Kier alpha value is -2.95. The van der Waals surface area contributed by atoms with E-state index in [1.54, 1.807) is 0 Å². The topological polar surface area (TPSA) is 47.6 Å². The van der Waals surface area contributed by atoms with Gasteiger partial charge in [0.25, 0.3) is 0 Å². The molecule has 2 amide bonds. The summed E-state index contributed by atoms with van der Waals surface area (Å²) in [6.07, 6.45) is 0. The third-order valence-electron chi connectivity index (χ3n) is 4.92. The summed E-state index contributed by atoms with van der Waals surface area (Å²) in [6.45, 7) is 9.16. The predicted octanol–water partition coefficient (Wildman–Crippen LogP) is 4.70. The van der Waals surface area contributed by atoms with Crippen molar-refractivity contribution < 1.29 is 4.79 Å². The van der Waals surface area contributed by atoms with Crippen molar-refractivity contribution in [3.8, 4) is 0 Å². The summed E-state index contributed by atoms with van der Waals surface area (Å²) in [5, 5.41) is 10.1. The summed E-state index contributed by atoms with van der Waals surface area (Å²) in [4.78, 5) is 12.5. The molecule has 5 heteroatoms. The maximum Gasteiger partial charge on any atom is 0.323 e. The number of hydrazine groups is 1. The highest BCUT2D eigenvalue weighted by Crippen LogP contribution is 2.26. The molecular weight excluding hydrogens is 336 g/mol. The second-order valence-electron chi connectivity index (χ2n) is 7.89. The van der Waals surface area contributed by atoms with E-state index in [0.29, 0.717) is 6.54 Å². The van der Waals surface area contributed by atoms with Crippen LogP contribution in [-0.2, 0) is 5.41 Å². The van der Waals surface area contributed by atoms with Gasteiger partial charge in [-0.2, -0.15) is 0 Å². The van der Waals surface area contributed by atoms with Gasteiger partial charge in [-0.15, -0.1) is 0 Å². The number of benzene rings is 2. The van der Waals surface area contributed by atoms with Crippen molar-refractivity contribution in [2.24, 2.45) is 0 Å². The van der Waals surface area contributed by atoms with Crippen LogP contribution in [0, 0.1) is 0 Å². The van der Waals surface area contributed by atoms with Crippen molar-refractivity contribution in [1.29, 1.82) is 0 Å². The molecule has 1 aliphatic rings. The van der Waals surface area contributed by atoms with Crippen molar-refractivity contribution >= 4 is 17.4 Å². The third kappa shape index (κ3) is 4.25. The number of allylic oxidation sites excluding steroid dienone is 1. The number of amides is 2. The summed E-state index contributed by atoms with van der Waals surface area (Å²) >= 11 is 0. The second-order valence-corrected chi connectivity index (χ2v) is 7.89. The molecular formula is C22H28N4O. The molecule has 142 valence electrons. The Balaban J connectivity index is 1.64. The first kappa shape index (κ1) is 18.8. The van der Waals surface area contributed by atoms with Crippen LogP contribution in [0.3, 0.4) is 0 Å². The number of carbonyl (C=O) groups is 1. The van der Waals surface area contributed by atoms with Gasteiger partial charge in [-0.3, -0.25) is 10.0 Å². The molecule has 0 saturated carbocycles. The maximum absolute atomic E-state index is 12.5. The van der Waals surface area contributed by atoms with Crippen molar-refractivity contribution in [2.45, 2.75) is 33.1 Å². The maximum atomic E-state index is 12.5. The van der Waals surface area contributed by atoms with E-state index in [1.165, 1.54) is 5.56 Å². The molecule has 0 bridgehead atoms. The van der Waals surface area contributed by atoms with Gasteiger partial charge in [0.15, 0.2) is 0 Å². The fourth-order valence-electron chi connectivity index (χ4n) is 3.09. The largest absolute Gasteiger partial charge is 0.323 e. The zero-order valence-corrected chi connectivity index (χ0v) is 16.7. The lowest BCUT2D eigenvalue weighted by molar-refractivity contribution is 0.254. The second kappa shape index (κ2) is 7.35. The number of hydrogen-bond acceptors (Lipinski definition) is 3. The molecule has 2 aromatic carbocycles. The van der Waals surface area contributed by atoms with Gasteiger partial charge in [0.05, 0.1) is 23.6 Å². The zero-order chi connectivity index (χ0) is 19.6. The van der Waals surface area contributed by atoms with Crippen LogP contribution in [0.15, 0.2) is 66.0 Å². The highest BCUT2D eigenvalue weighted by atomic mass is 16.2. The molecule has 0 radical (unpaired) electrons. The minimum atomic E-state index is -0.226. The number of hydrogen-bond donors (Lipinski definition) is 2. The molecule has 0 aromatic heterocycles. The lowest BCUT2D eigenvalue weighted by atomic mass is 9.87. The predicted molar refractivity (Wildman–Crippen MR) is 112 cm³/mol. The average molecular weight is 364 g/mol. The van der Waals surface area contributed by atoms with Crippen molar-refractivity contribution in [3.05, 3.63) is 71.6 Å². The van der Waals surface area contributed by atoms with E-state index in [-0.39, 0.29) is 11.4 Å². The van der Waals surface area contributed by atoms with E-state index < -0.39 is 0 Å². The molecule has 0 spiro atoms. The van der Waals surface area contributed by atoms with Gasteiger partial charge in [-0.1, -0.05) is 51.1 Å². The fourth-order valence-corrected chi connectivity index (χ4v) is 3.09. The van der Waals surface area contributed by atoms with Gasteiger partial charge in [0.1, 0.15) is 0 Å². The molecule has 2 N–H and O–H groups in total. The summed E-state index contributed by atoms with van der Waals surface area (Å²) in [5.74, 6) is 0. The molecule has 1 heterocycles. The third-order valence-corrected chi connectivity index (χ3v) is 4.92. The zero-order valence-electron chi connectivity index (χ0n) is 16.7. The van der Waals surface area contributed by atoms with Crippen LogP contribution in [0.4, 0.5) is 16.2 Å². The first-order valence-electron chi connectivity index (χ1n) is 9.20. The molecule has 0 aliphatic carbocycles. The monoisotopic (exact) mass is 364 g/mol. The molecule has 5 nitrogen and oxygen atoms in total. The Labute approximate surface area is 161 Å². The molecule has 0 atom stereocenters. The summed E-state index contributed by atoms with van der Waals surface area (Å²) in [7, 11) is 2.00. The first-order chi connectivity index (χ1) is 12.8. The van der Waals surface area contributed by atoms with E-state index in [0.717, 1.165) is 22.8 Å². The van der Waals surface area contributed by atoms with Crippen molar-refractivity contribution in [2.75, 3.05) is 23.9 Å². The fraction of sp³-hybridized carbons (Fsp3) is 0.318. The van der Waals surface area contributed by atoms with Gasteiger partial charge >= 0.3 is 6.03 Å². The SMILES string of the molecule is CC1=C(NC(=O)Nc2ccc(C(C)(C)C)cc2)CN(c2ccccc2)N1C. The Morgan fingerprint density at radius 3 is 2.19 bits per heavy atom. The first-order valence-corrected chi connectivity index (χ1v) is 9.20. The smallest absolute Gasteiger partial charge is 0.308 e. The van der Waals surface area contributed by atoms with Crippen LogP contribution >= 0.6 is 0 Å². The summed E-state index contributed by atoms with van der Waals surface area (Å²) in [6, 6.07) is 17.9. The van der Waals surface area contributed by atoms with Gasteiger partial charge in [0.2, 0.25) is 0 Å². The number of urea groups is 1. The Bertz CT molecular complexity index is 835. The Kier molecular flexibility index (Phi) is 5.13. The van der Waals surface area contributed by atoms with Gasteiger partial charge in [-0.25, -0.2) is 4.79 Å². The highest BCUT2D eigenvalue weighted by molar-refractivity contribution is 5.90. The minimum Gasteiger partial charge on any atom is -0.308 e. The molecule has 3 rings (SSSR count). The van der Waals surface area contributed by atoms with Crippen molar-refractivity contribution in [1.82, 2.24) is 10.3 Å². The number of nitrogens with one attached hydrogen (secondary N) is 2. The number of anilines is 2. The van der Waals surface area contributed by atoms with E-state index in [1.807, 2.05) is 44.3 Å². The minimum absolute atomic E-state index is 0.0953. The van der Waals surface area contributed by atoms with Crippen LogP contribution in [0.5, 0.6) is 0 Å². The molecule has 0 fully saturated rings. The van der Waals surface area contributed by atoms with E-state index >= 15 is 0 Å². The van der Waals surface area contributed by atoms with E-state index in [2.05, 4.69) is 65.7 Å². The van der Waals surface area contributed by atoms with Crippen LogP contribution in [0.25, 0.3) is 0 Å². The Morgan fingerprint density at radius 2 is 1.59 bits per heavy atom. The molecule has 0 unspecified atom stereocenters. The van der Waals surface area contributed by atoms with Gasteiger partial charge < -0.3 is 10.6 Å². The van der Waals surface area contributed by atoms with Crippen LogP contribution in [0.1, 0.15) is 33.3 Å². The van der Waals surface area contributed by atoms with E-state index in [4.69, 9.17) is 0 Å². The van der Waals surface area contributed by atoms with Crippen LogP contribution < -0.4 is 15.6 Å². The number of rotatable bonds is 3. The van der Waals surface area contributed by atoms with Gasteiger partial charge in [0, 0.05) is 12.7 Å². The molecule has 27 heavy (non-hydrogen) atoms. The number of nitrogens with zero attached hydrogens (tertiary/aromatic N) is 2. The summed E-state index contributed by atoms with van der Waals surface area (Å²) < 4.78 is 0. The lowest BCUT2D eigenvalue weighted by Crippen LogP contribution is -2.35.